The number of halogens is 3. The van der Waals surface area contributed by atoms with Gasteiger partial charge >= 0.3 is 0 Å². The predicted molar refractivity (Wildman–Crippen MR) is 432 cm³/mol. The molecular weight excluding hydrogens is 1470 g/mol. The van der Waals surface area contributed by atoms with Crippen LogP contribution in [0.3, 0.4) is 0 Å². The largest absolute Gasteiger partial charge is 0.497 e. The van der Waals surface area contributed by atoms with Crippen LogP contribution >= 0.6 is 0 Å². The van der Waals surface area contributed by atoms with E-state index in [2.05, 4.69) is 103 Å². The third-order valence-electron chi connectivity index (χ3n) is 19.5. The van der Waals surface area contributed by atoms with Crippen LogP contribution in [0.1, 0.15) is 54.0 Å². The predicted octanol–water partition coefficient (Wildman–Crippen LogP) is 10.6. The minimum atomic E-state index is -0.609. The quantitative estimate of drug-likeness (QED) is 0.0329. The van der Waals surface area contributed by atoms with Crippen LogP contribution in [0.15, 0.2) is 224 Å². The Bertz CT molecular complexity index is 5600. The molecule has 3 aliphatic heterocycles. The molecule has 6 atom stereocenters. The number of anilines is 6. The number of ether oxygens (including phenoxy) is 2. The van der Waals surface area contributed by atoms with E-state index in [9.17, 15) is 28.5 Å². The molecule has 32 heteroatoms. The van der Waals surface area contributed by atoms with Gasteiger partial charge in [-0.05, 0) is 181 Å². The first kappa shape index (κ1) is 78.7. The molecule has 15 heterocycles. The number of piperidine rings is 3. The Morgan fingerprint density at radius 1 is 0.487 bits per heavy atom. The molecule has 3 aliphatic rings. The van der Waals surface area contributed by atoms with Gasteiger partial charge in [-0.2, -0.15) is 0 Å². The number of benzene rings is 2. The normalized spacial score (nSPS) is 17.8. The second kappa shape index (κ2) is 37.6. The zero-order chi connectivity index (χ0) is 79.6. The smallest absolute Gasteiger partial charge is 0.200 e. The summed E-state index contributed by atoms with van der Waals surface area (Å²) in [5.74, 6) is 2.93. The highest BCUT2D eigenvalue weighted by molar-refractivity contribution is 5.82. The van der Waals surface area contributed by atoms with Crippen molar-refractivity contribution in [1.29, 1.82) is 0 Å². The fourth-order valence-corrected chi connectivity index (χ4v) is 13.4. The number of aryl methyl sites for hydroxylation is 1. The van der Waals surface area contributed by atoms with Crippen molar-refractivity contribution < 1.29 is 38.0 Å². The molecule has 0 amide bonds. The van der Waals surface area contributed by atoms with E-state index in [1.807, 2.05) is 146 Å². The average molecular weight is 1560 g/mol. The van der Waals surface area contributed by atoms with E-state index in [4.69, 9.17) is 20.2 Å². The molecule has 588 valence electrons. The number of hydrogen-bond acceptors (Lipinski definition) is 26. The lowest BCUT2D eigenvalue weighted by molar-refractivity contribution is 0.0501. The van der Waals surface area contributed by atoms with Crippen LogP contribution in [-0.4, -0.2) is 201 Å². The Morgan fingerprint density at radius 3 is 1.26 bits per heavy atom. The summed E-state index contributed by atoms with van der Waals surface area (Å²) in [6.45, 7) is 7.25. The first-order chi connectivity index (χ1) is 56.2. The number of likely N-dealkylation sites (tertiary alicyclic amines) is 2. The number of aliphatic imine (C=N–C) groups is 2. The lowest BCUT2D eigenvalue weighted by Crippen LogP contribution is -2.50. The van der Waals surface area contributed by atoms with E-state index in [1.165, 1.54) is 24.8 Å². The van der Waals surface area contributed by atoms with Gasteiger partial charge in [0.25, 0.3) is 0 Å². The van der Waals surface area contributed by atoms with Crippen LogP contribution in [0.2, 0.25) is 0 Å². The van der Waals surface area contributed by atoms with Crippen LogP contribution in [0.4, 0.5) is 47.7 Å². The maximum atomic E-state index is 14.5. The summed E-state index contributed by atoms with van der Waals surface area (Å²) < 4.78 is 58.4. The van der Waals surface area contributed by atoms with Crippen LogP contribution in [0, 0.1) is 17.5 Å². The van der Waals surface area contributed by atoms with Gasteiger partial charge in [0.2, 0.25) is 17.5 Å². The maximum Gasteiger partial charge on any atom is 0.200 e. The first-order valence-electron chi connectivity index (χ1n) is 37.5. The fourth-order valence-electron chi connectivity index (χ4n) is 13.4. The number of hydrogen-bond donors (Lipinski definition) is 8. The summed E-state index contributed by atoms with van der Waals surface area (Å²) in [6.07, 6.45) is 23.9. The SMILES string of the molecule is CCc1ccn2nc(-c3ccccn3)nc(Nc3ccncc3F)c12.COc1ccc(C=N[C@H]2CCN(Cc3ccn4nc(-c5ccccn5)nc(Nc5ccncc5F)c34)C[C@@H]2O)cc1.COc1ccc(C=N[C@H]2CCNCC2O)cc1.N[C@H]1CCN(Cc2ccn3nc(-c4ccccn4)nc(Nc4ccncc4F)c23)C[C@@H]1O. The highest BCUT2D eigenvalue weighted by Crippen LogP contribution is 2.33. The Labute approximate surface area is 659 Å². The van der Waals surface area contributed by atoms with Gasteiger partial charge in [-0.3, -0.25) is 49.7 Å². The molecule has 17 rings (SSSR count). The molecule has 1 unspecified atom stereocenters. The standard InChI is InChI=1S/C30H29FN8O2.C22H23FN8O.C18H15FN6.C13H18N2O2/c1-41-22-7-5-20(6-8-22)16-34-25-11-14-38(19-27(25)40)18-21-10-15-39-28(21)30(35-24-9-13-32-17-23(24)31)36-29(37-39)26-4-2-3-12-33-26;23-15-11-25-8-4-17(15)27-22-20-14(12-30-9-6-16(24)19(32)13-30)5-10-31(20)29-21(28-22)18-3-1-2-7-26-18;1-2-12-7-10-25-16(12)18(22-14-6-9-20-11-13(14)19)23-17(24-25)15-5-3-4-8-21-15;1-17-11-4-2-10(3-5-11)8-15-12-6-7-14-9-13(12)16/h2-10,12-13,15-17,25,27,40H,11,14,18-19H2,1H3,(H,32,35,36,37);1-5,7-8,10-11,16,19,32H,6,9,12-13,24H2,(H,25,27,28,29);3-11H,2H2,1H3,(H,20,22,23,24);2-5,8,12-14,16H,6-7,9H2,1H3/t25-,27-;16-,19-;;12-,13?/m00.0/s1. The van der Waals surface area contributed by atoms with E-state index >= 15 is 0 Å². The number of aliphatic hydroxyl groups is 3. The van der Waals surface area contributed by atoms with Gasteiger partial charge < -0.3 is 51.8 Å². The van der Waals surface area contributed by atoms with Crippen molar-refractivity contribution >= 4 is 63.5 Å². The summed E-state index contributed by atoms with van der Waals surface area (Å²) >= 11 is 0. The van der Waals surface area contributed by atoms with Crippen molar-refractivity contribution in [3.63, 3.8) is 0 Å². The molecule has 29 nitrogen and oxygen atoms in total. The molecule has 0 aliphatic carbocycles. The third kappa shape index (κ3) is 19.7. The van der Waals surface area contributed by atoms with E-state index < -0.39 is 29.7 Å². The Balaban J connectivity index is 0.000000132. The number of aliphatic hydroxyl groups excluding tert-OH is 3. The van der Waals surface area contributed by atoms with Gasteiger partial charge in [0.05, 0.1) is 80.3 Å². The Hall–Kier alpha value is -13.0. The van der Waals surface area contributed by atoms with Crippen LogP contribution < -0.4 is 36.5 Å². The maximum absolute atomic E-state index is 14.5. The lowest BCUT2D eigenvalue weighted by atomic mass is 10.0. The summed E-state index contributed by atoms with van der Waals surface area (Å²) in [4.78, 5) is 51.9. The van der Waals surface area contributed by atoms with Crippen molar-refractivity contribution in [2.75, 3.05) is 69.4 Å². The number of nitrogens with one attached hydrogen (secondary N) is 4. The summed E-state index contributed by atoms with van der Waals surface area (Å²) in [6, 6.07) is 42.1. The number of β-amino-alcohol motifs (C(OH)–C–C–N with tert-alkyl or cyclic N) is 3. The van der Waals surface area contributed by atoms with E-state index in [-0.39, 0.29) is 35.6 Å². The van der Waals surface area contributed by atoms with Crippen molar-refractivity contribution in [3.8, 4) is 46.1 Å². The van der Waals surface area contributed by atoms with E-state index in [0.29, 0.717) is 96.8 Å². The van der Waals surface area contributed by atoms with Gasteiger partial charge in [0.15, 0.2) is 34.9 Å². The van der Waals surface area contributed by atoms with Crippen molar-refractivity contribution in [3.05, 3.63) is 259 Å². The number of rotatable bonds is 20. The second-order valence-corrected chi connectivity index (χ2v) is 27.3. The van der Waals surface area contributed by atoms with Gasteiger partial charge in [0, 0.05) is 120 Å². The molecule has 0 bridgehead atoms. The number of aromatic nitrogens is 15. The molecule has 3 saturated heterocycles. The van der Waals surface area contributed by atoms with Gasteiger partial charge in [-0.25, -0.2) is 41.7 Å². The van der Waals surface area contributed by atoms with Crippen molar-refractivity contribution in [1.82, 2.24) is 88.8 Å². The molecule has 9 N–H and O–H groups in total. The zero-order valence-electron chi connectivity index (χ0n) is 63.2. The zero-order valence-corrected chi connectivity index (χ0v) is 63.2. The number of nitrogens with two attached hydrogens (primary N) is 1. The van der Waals surface area contributed by atoms with Crippen LogP contribution in [0.5, 0.6) is 11.5 Å². The number of methoxy groups -OCH3 is 2. The van der Waals surface area contributed by atoms with Crippen LogP contribution in [0.25, 0.3) is 51.1 Å². The van der Waals surface area contributed by atoms with E-state index in [1.54, 1.807) is 70.8 Å². The van der Waals surface area contributed by atoms with Crippen molar-refractivity contribution in [2.45, 2.75) is 82.1 Å². The molecule has 0 saturated carbocycles. The van der Waals surface area contributed by atoms with Gasteiger partial charge in [-0.1, -0.05) is 25.1 Å². The monoisotopic (exact) mass is 1550 g/mol. The van der Waals surface area contributed by atoms with Crippen LogP contribution in [-0.2, 0) is 19.5 Å². The van der Waals surface area contributed by atoms with Gasteiger partial charge in [0.1, 0.15) is 45.1 Å². The average Bonchev–Trinajstić information content (AvgIpc) is 1.68. The molecule has 115 heavy (non-hydrogen) atoms. The number of fused-ring (bicyclic) bond motifs is 3. The first-order valence-corrected chi connectivity index (χ1v) is 37.5. The summed E-state index contributed by atoms with van der Waals surface area (Å²) in [5, 5.41) is 57.1. The topological polar surface area (TPSA) is 352 Å². The molecule has 14 aromatic rings. The highest BCUT2D eigenvalue weighted by atomic mass is 19.1. The number of nitrogens with zero attached hydrogens (tertiary/aromatic N) is 19. The second-order valence-electron chi connectivity index (χ2n) is 27.3. The summed E-state index contributed by atoms with van der Waals surface area (Å²) in [5.41, 5.74) is 15.8. The van der Waals surface area contributed by atoms with E-state index in [0.717, 1.165) is 107 Å². The minimum absolute atomic E-state index is 0.0124. The fraction of sp³-hybridized carbons (Fsp3) is 0.253. The highest BCUT2D eigenvalue weighted by Gasteiger charge is 2.30. The molecule has 12 aromatic heterocycles. The molecule has 2 aromatic carbocycles. The molecular formula is C83H85F3N24O5. The minimum Gasteiger partial charge on any atom is -0.497 e. The lowest BCUT2D eigenvalue weighted by Gasteiger charge is -2.34. The molecule has 3 fully saturated rings. The number of pyridine rings is 6. The Morgan fingerprint density at radius 2 is 0.887 bits per heavy atom. The summed E-state index contributed by atoms with van der Waals surface area (Å²) in [7, 11) is 3.28. The molecule has 0 radical (unpaired) electrons. The third-order valence-corrected chi connectivity index (χ3v) is 19.5. The van der Waals surface area contributed by atoms with Gasteiger partial charge in [-0.15, -0.1) is 15.3 Å². The Kier molecular flexibility index (Phi) is 25.7. The van der Waals surface area contributed by atoms with Crippen molar-refractivity contribution in [2.24, 2.45) is 15.7 Å². The molecule has 0 spiro atoms.